The third-order valence-corrected chi connectivity index (χ3v) is 3.37. The summed E-state index contributed by atoms with van der Waals surface area (Å²) in [6.45, 7) is 3.47. The molecule has 2 aromatic heterocycles. The van der Waals surface area contributed by atoms with Gasteiger partial charge in [-0.1, -0.05) is 12.7 Å². The summed E-state index contributed by atoms with van der Waals surface area (Å²) < 4.78 is 15.7. The van der Waals surface area contributed by atoms with Gasteiger partial charge in [0.2, 0.25) is 5.95 Å². The molecule has 0 aliphatic heterocycles. The van der Waals surface area contributed by atoms with Crippen molar-refractivity contribution in [3.05, 3.63) is 54.6 Å². The molecule has 0 fully saturated rings. The SMILES string of the molecule is C=CCOC(=O)c1ccc(C(C(=O)OC)C(=O)OC)n1-c1ncccn1. The Morgan fingerprint density at radius 1 is 1.15 bits per heavy atom. The van der Waals surface area contributed by atoms with E-state index in [1.807, 2.05) is 0 Å². The number of carbonyl (C=O) groups is 3. The first-order valence-corrected chi connectivity index (χ1v) is 7.47. The highest BCUT2D eigenvalue weighted by Crippen LogP contribution is 2.25. The zero-order valence-corrected chi connectivity index (χ0v) is 14.2. The van der Waals surface area contributed by atoms with Crippen molar-refractivity contribution in [3.8, 4) is 5.95 Å². The van der Waals surface area contributed by atoms with Crippen LogP contribution in [-0.4, -0.2) is 53.3 Å². The number of carbonyl (C=O) groups excluding carboxylic acids is 3. The van der Waals surface area contributed by atoms with E-state index in [9.17, 15) is 14.4 Å². The van der Waals surface area contributed by atoms with E-state index >= 15 is 0 Å². The van der Waals surface area contributed by atoms with Crippen LogP contribution >= 0.6 is 0 Å². The summed E-state index contributed by atoms with van der Waals surface area (Å²) in [5.74, 6) is -3.74. The molecule has 0 N–H and O–H groups in total. The third kappa shape index (κ3) is 3.77. The second-order valence-corrected chi connectivity index (χ2v) is 4.89. The van der Waals surface area contributed by atoms with Crippen LogP contribution in [0.2, 0.25) is 0 Å². The largest absolute Gasteiger partial charge is 0.468 e. The number of hydrogen-bond acceptors (Lipinski definition) is 8. The summed E-state index contributed by atoms with van der Waals surface area (Å²) in [5, 5.41) is 0. The standard InChI is InChI=1S/C17H17N3O6/c1-4-10-26-14(21)12-7-6-11(13(15(22)24-2)16(23)25-3)20(12)17-18-8-5-9-19-17/h4-9,13H,1,10H2,2-3H3. The van der Waals surface area contributed by atoms with Crippen molar-refractivity contribution in [2.45, 2.75) is 5.92 Å². The maximum atomic E-state index is 12.3. The summed E-state index contributed by atoms with van der Waals surface area (Å²) in [6.07, 6.45) is 4.32. The first kappa shape index (κ1) is 18.8. The fourth-order valence-corrected chi connectivity index (χ4v) is 2.25. The number of esters is 3. The first-order chi connectivity index (χ1) is 12.5. The predicted molar refractivity (Wildman–Crippen MR) is 88.6 cm³/mol. The predicted octanol–water partition coefficient (Wildman–Crippen LogP) is 1.04. The van der Waals surface area contributed by atoms with Gasteiger partial charge in [-0.3, -0.25) is 14.2 Å². The van der Waals surface area contributed by atoms with Crippen LogP contribution in [0.15, 0.2) is 43.2 Å². The highest BCUT2D eigenvalue weighted by Gasteiger charge is 2.35. The Kier molecular flexibility index (Phi) is 6.20. The van der Waals surface area contributed by atoms with E-state index in [4.69, 9.17) is 14.2 Å². The second-order valence-electron chi connectivity index (χ2n) is 4.89. The second kappa shape index (κ2) is 8.56. The van der Waals surface area contributed by atoms with Crippen molar-refractivity contribution in [2.75, 3.05) is 20.8 Å². The molecular formula is C17H17N3O6. The Morgan fingerprint density at radius 2 is 1.77 bits per heavy atom. The van der Waals surface area contributed by atoms with Gasteiger partial charge in [0, 0.05) is 12.4 Å². The molecule has 0 aliphatic rings. The molecule has 0 radical (unpaired) electrons. The zero-order valence-electron chi connectivity index (χ0n) is 14.2. The Bertz CT molecular complexity index is 799. The van der Waals surface area contributed by atoms with Gasteiger partial charge in [-0.05, 0) is 18.2 Å². The number of ether oxygens (including phenoxy) is 3. The van der Waals surface area contributed by atoms with Gasteiger partial charge < -0.3 is 14.2 Å². The van der Waals surface area contributed by atoms with Crippen molar-refractivity contribution in [2.24, 2.45) is 0 Å². The zero-order chi connectivity index (χ0) is 19.1. The molecule has 0 spiro atoms. The molecule has 136 valence electrons. The Morgan fingerprint density at radius 3 is 2.31 bits per heavy atom. The van der Waals surface area contributed by atoms with Gasteiger partial charge in [-0.2, -0.15) is 0 Å². The molecule has 0 aromatic carbocycles. The number of aromatic nitrogens is 3. The molecule has 0 saturated heterocycles. The molecule has 2 heterocycles. The maximum absolute atomic E-state index is 12.3. The minimum atomic E-state index is -1.42. The van der Waals surface area contributed by atoms with Crippen molar-refractivity contribution < 1.29 is 28.6 Å². The highest BCUT2D eigenvalue weighted by molar-refractivity contribution is 6.01. The first-order valence-electron chi connectivity index (χ1n) is 7.47. The lowest BCUT2D eigenvalue weighted by atomic mass is 10.1. The Hall–Kier alpha value is -3.49. The molecule has 2 rings (SSSR count). The van der Waals surface area contributed by atoms with Crippen LogP contribution in [0.5, 0.6) is 0 Å². The van der Waals surface area contributed by atoms with Gasteiger partial charge >= 0.3 is 17.9 Å². The van der Waals surface area contributed by atoms with Gasteiger partial charge in [0.05, 0.1) is 19.9 Å². The van der Waals surface area contributed by atoms with Crippen LogP contribution < -0.4 is 0 Å². The molecule has 0 atom stereocenters. The summed E-state index contributed by atoms with van der Waals surface area (Å²) >= 11 is 0. The smallest absolute Gasteiger partial charge is 0.355 e. The van der Waals surface area contributed by atoms with Crippen LogP contribution in [0.4, 0.5) is 0 Å². The van der Waals surface area contributed by atoms with Gasteiger partial charge in [0.25, 0.3) is 0 Å². The van der Waals surface area contributed by atoms with E-state index in [2.05, 4.69) is 16.5 Å². The van der Waals surface area contributed by atoms with Crippen LogP contribution in [0, 0.1) is 0 Å². The quantitative estimate of drug-likeness (QED) is 0.312. The summed E-state index contributed by atoms with van der Waals surface area (Å²) in [7, 11) is 2.29. The summed E-state index contributed by atoms with van der Waals surface area (Å²) in [6, 6.07) is 4.40. The minimum absolute atomic E-state index is 0.00751. The van der Waals surface area contributed by atoms with E-state index in [0.717, 1.165) is 14.2 Å². The van der Waals surface area contributed by atoms with E-state index in [1.54, 1.807) is 6.07 Å². The van der Waals surface area contributed by atoms with E-state index in [1.165, 1.54) is 35.2 Å². The Labute approximate surface area is 149 Å². The maximum Gasteiger partial charge on any atom is 0.355 e. The average molecular weight is 359 g/mol. The van der Waals surface area contributed by atoms with E-state index in [0.29, 0.717) is 0 Å². The molecule has 2 aromatic rings. The molecule has 0 aliphatic carbocycles. The minimum Gasteiger partial charge on any atom is -0.468 e. The number of rotatable bonds is 7. The molecule has 0 unspecified atom stereocenters. The molecule has 26 heavy (non-hydrogen) atoms. The van der Waals surface area contributed by atoms with Crippen molar-refractivity contribution in [1.82, 2.24) is 14.5 Å². The molecule has 0 amide bonds. The summed E-state index contributed by atoms with van der Waals surface area (Å²) in [5.41, 5.74) is 0.145. The van der Waals surface area contributed by atoms with Crippen molar-refractivity contribution in [1.29, 1.82) is 0 Å². The lowest BCUT2D eigenvalue weighted by molar-refractivity contribution is -0.154. The number of nitrogens with zero attached hydrogens (tertiary/aromatic N) is 3. The number of hydrogen-bond donors (Lipinski definition) is 0. The van der Waals surface area contributed by atoms with E-state index < -0.39 is 23.8 Å². The fourth-order valence-electron chi connectivity index (χ4n) is 2.25. The van der Waals surface area contributed by atoms with Crippen LogP contribution in [0.25, 0.3) is 5.95 Å². The normalized spacial score (nSPS) is 10.3. The number of methoxy groups -OCH3 is 2. The van der Waals surface area contributed by atoms with Gasteiger partial charge in [0.15, 0.2) is 5.92 Å². The highest BCUT2D eigenvalue weighted by atomic mass is 16.5. The van der Waals surface area contributed by atoms with Crippen molar-refractivity contribution >= 4 is 17.9 Å². The lowest BCUT2D eigenvalue weighted by Gasteiger charge is -2.16. The van der Waals surface area contributed by atoms with Gasteiger partial charge in [-0.15, -0.1) is 0 Å². The van der Waals surface area contributed by atoms with Gasteiger partial charge in [-0.25, -0.2) is 14.8 Å². The van der Waals surface area contributed by atoms with Crippen LogP contribution in [-0.2, 0) is 23.8 Å². The van der Waals surface area contributed by atoms with Gasteiger partial charge in [0.1, 0.15) is 12.3 Å². The average Bonchev–Trinajstić information content (AvgIpc) is 3.11. The van der Waals surface area contributed by atoms with E-state index in [-0.39, 0.29) is 23.9 Å². The third-order valence-electron chi connectivity index (χ3n) is 3.37. The van der Waals surface area contributed by atoms with Crippen LogP contribution in [0.1, 0.15) is 22.1 Å². The Balaban J connectivity index is 2.64. The molecule has 9 heteroatoms. The molecule has 0 bridgehead atoms. The topological polar surface area (TPSA) is 110 Å². The van der Waals surface area contributed by atoms with Crippen molar-refractivity contribution in [3.63, 3.8) is 0 Å². The van der Waals surface area contributed by atoms with Crippen LogP contribution in [0.3, 0.4) is 0 Å². The fraction of sp³-hybridized carbons (Fsp3) is 0.235. The lowest BCUT2D eigenvalue weighted by Crippen LogP contribution is -2.27. The summed E-state index contributed by atoms with van der Waals surface area (Å²) in [4.78, 5) is 44.8. The molecule has 9 nitrogen and oxygen atoms in total. The monoisotopic (exact) mass is 359 g/mol. The molecular weight excluding hydrogens is 342 g/mol. The molecule has 0 saturated carbocycles.